The molecule has 6 nitrogen and oxygen atoms in total. The van der Waals surface area contributed by atoms with Crippen LogP contribution in [-0.2, 0) is 16.1 Å². The van der Waals surface area contributed by atoms with Crippen molar-refractivity contribution in [1.82, 2.24) is 4.90 Å². The smallest absolute Gasteiger partial charge is 0.323 e. The number of ether oxygens (including phenoxy) is 1. The van der Waals surface area contributed by atoms with Crippen LogP contribution in [0.3, 0.4) is 0 Å². The predicted molar refractivity (Wildman–Crippen MR) is 73.1 cm³/mol. The van der Waals surface area contributed by atoms with E-state index in [1.165, 1.54) is 7.11 Å². The number of nitro benzene ring substituents is 1. The molecular formula is C14H17FN2O4. The summed E-state index contributed by atoms with van der Waals surface area (Å²) in [7, 11) is 1.32. The third kappa shape index (κ3) is 3.55. The Hall–Kier alpha value is -2.02. The van der Waals surface area contributed by atoms with Crippen molar-refractivity contribution >= 4 is 11.7 Å². The number of nitro groups is 1. The number of hydrogen-bond acceptors (Lipinski definition) is 5. The van der Waals surface area contributed by atoms with Crippen LogP contribution in [0.5, 0.6) is 0 Å². The minimum atomic E-state index is -0.536. The summed E-state index contributed by atoms with van der Waals surface area (Å²) in [5.41, 5.74) is 0.140. The lowest BCUT2D eigenvalue weighted by atomic mass is 10.0. The molecule has 1 heterocycles. The lowest BCUT2D eigenvalue weighted by molar-refractivity contribution is -0.385. The van der Waals surface area contributed by atoms with E-state index in [9.17, 15) is 19.3 Å². The van der Waals surface area contributed by atoms with Gasteiger partial charge in [-0.05, 0) is 31.5 Å². The third-order valence-electron chi connectivity index (χ3n) is 3.70. The standard InChI is InChI=1S/C14H17FN2O4/c1-21-14(18)13-4-2-3-7-16(13)9-10-8-11(15)5-6-12(10)17(19)20/h5-6,8,13H,2-4,7,9H2,1H3. The highest BCUT2D eigenvalue weighted by molar-refractivity contribution is 5.75. The summed E-state index contributed by atoms with van der Waals surface area (Å²) in [5, 5.41) is 11.0. The second-order valence-electron chi connectivity index (χ2n) is 5.04. The maximum Gasteiger partial charge on any atom is 0.323 e. The lowest BCUT2D eigenvalue weighted by Gasteiger charge is -2.33. The average Bonchev–Trinajstić information content (AvgIpc) is 2.47. The van der Waals surface area contributed by atoms with Crippen LogP contribution in [0.1, 0.15) is 24.8 Å². The molecule has 1 saturated heterocycles. The third-order valence-corrected chi connectivity index (χ3v) is 3.70. The van der Waals surface area contributed by atoms with Gasteiger partial charge in [0.05, 0.1) is 12.0 Å². The summed E-state index contributed by atoms with van der Waals surface area (Å²) in [6.45, 7) is 0.793. The number of esters is 1. The fraction of sp³-hybridized carbons (Fsp3) is 0.500. The van der Waals surface area contributed by atoms with Crippen molar-refractivity contribution in [2.75, 3.05) is 13.7 Å². The first kappa shape index (κ1) is 15.4. The number of methoxy groups -OCH3 is 1. The summed E-state index contributed by atoms with van der Waals surface area (Å²) in [6, 6.07) is 2.95. The number of piperidine rings is 1. The van der Waals surface area contributed by atoms with Crippen LogP contribution >= 0.6 is 0 Å². The van der Waals surface area contributed by atoms with Gasteiger partial charge < -0.3 is 4.74 Å². The molecule has 0 spiro atoms. The summed E-state index contributed by atoms with van der Waals surface area (Å²) in [4.78, 5) is 24.1. The van der Waals surface area contributed by atoms with Gasteiger partial charge in [-0.2, -0.15) is 0 Å². The molecule has 1 aromatic carbocycles. The van der Waals surface area contributed by atoms with Gasteiger partial charge in [-0.3, -0.25) is 19.8 Å². The Morgan fingerprint density at radius 2 is 2.29 bits per heavy atom. The van der Waals surface area contributed by atoms with Gasteiger partial charge in [-0.15, -0.1) is 0 Å². The van der Waals surface area contributed by atoms with E-state index in [2.05, 4.69) is 0 Å². The largest absolute Gasteiger partial charge is 0.468 e. The van der Waals surface area contributed by atoms with Crippen LogP contribution in [0.4, 0.5) is 10.1 Å². The normalized spacial score (nSPS) is 19.2. The highest BCUT2D eigenvalue weighted by Gasteiger charge is 2.30. The van der Waals surface area contributed by atoms with Gasteiger partial charge in [-0.25, -0.2) is 4.39 Å². The number of halogens is 1. The SMILES string of the molecule is COC(=O)C1CCCCN1Cc1cc(F)ccc1[N+](=O)[O-]. The molecule has 7 heteroatoms. The number of likely N-dealkylation sites (tertiary alicyclic amines) is 1. The molecule has 2 rings (SSSR count). The quantitative estimate of drug-likeness (QED) is 0.484. The molecule has 1 aliphatic rings. The maximum absolute atomic E-state index is 13.4. The molecule has 1 atom stereocenters. The van der Waals surface area contributed by atoms with Crippen LogP contribution in [0, 0.1) is 15.9 Å². The summed E-state index contributed by atoms with van der Waals surface area (Å²) in [5.74, 6) is -0.879. The summed E-state index contributed by atoms with van der Waals surface area (Å²) >= 11 is 0. The van der Waals surface area contributed by atoms with E-state index in [0.717, 1.165) is 31.0 Å². The Morgan fingerprint density at radius 3 is 2.95 bits per heavy atom. The summed E-state index contributed by atoms with van der Waals surface area (Å²) in [6.07, 6.45) is 2.45. The van der Waals surface area contributed by atoms with Gasteiger partial charge in [-0.1, -0.05) is 6.42 Å². The van der Waals surface area contributed by atoms with Crippen LogP contribution in [0.15, 0.2) is 18.2 Å². The first-order valence-electron chi connectivity index (χ1n) is 6.77. The molecule has 0 N–H and O–H groups in total. The summed E-state index contributed by atoms with van der Waals surface area (Å²) < 4.78 is 18.1. The Kier molecular flexibility index (Phi) is 4.85. The van der Waals surface area contributed by atoms with E-state index in [0.29, 0.717) is 13.0 Å². The maximum atomic E-state index is 13.4. The minimum Gasteiger partial charge on any atom is -0.468 e. The minimum absolute atomic E-state index is 0.134. The molecule has 0 radical (unpaired) electrons. The van der Waals surface area contributed by atoms with E-state index in [-0.39, 0.29) is 23.8 Å². The zero-order chi connectivity index (χ0) is 15.4. The molecule has 0 bridgehead atoms. The highest BCUT2D eigenvalue weighted by Crippen LogP contribution is 2.25. The first-order valence-corrected chi connectivity index (χ1v) is 6.77. The van der Waals surface area contributed by atoms with Crippen molar-refractivity contribution in [1.29, 1.82) is 0 Å². The second-order valence-corrected chi connectivity index (χ2v) is 5.04. The number of carbonyl (C=O) groups excluding carboxylic acids is 1. The van der Waals surface area contributed by atoms with Crippen LogP contribution in [-0.4, -0.2) is 35.5 Å². The number of nitrogens with zero attached hydrogens (tertiary/aromatic N) is 2. The van der Waals surface area contributed by atoms with Gasteiger partial charge >= 0.3 is 5.97 Å². The van der Waals surface area contributed by atoms with E-state index in [1.807, 2.05) is 4.90 Å². The zero-order valence-electron chi connectivity index (χ0n) is 11.8. The Balaban J connectivity index is 2.24. The molecule has 0 aromatic heterocycles. The molecule has 1 aromatic rings. The van der Waals surface area contributed by atoms with Crippen LogP contribution in [0.25, 0.3) is 0 Å². The van der Waals surface area contributed by atoms with Crippen LogP contribution < -0.4 is 0 Å². The van der Waals surface area contributed by atoms with E-state index in [4.69, 9.17) is 4.74 Å². The van der Waals surface area contributed by atoms with Crippen molar-refractivity contribution in [3.05, 3.63) is 39.7 Å². The molecule has 1 unspecified atom stereocenters. The zero-order valence-corrected chi connectivity index (χ0v) is 11.8. The van der Waals surface area contributed by atoms with Crippen molar-refractivity contribution in [2.45, 2.75) is 31.8 Å². The Morgan fingerprint density at radius 1 is 1.52 bits per heavy atom. The monoisotopic (exact) mass is 296 g/mol. The van der Waals surface area contributed by atoms with Gasteiger partial charge in [0.25, 0.3) is 5.69 Å². The molecule has 114 valence electrons. The van der Waals surface area contributed by atoms with Gasteiger partial charge in [0, 0.05) is 18.2 Å². The molecule has 0 saturated carbocycles. The first-order chi connectivity index (χ1) is 10.0. The van der Waals surface area contributed by atoms with Crippen LogP contribution in [0.2, 0.25) is 0 Å². The molecule has 0 amide bonds. The van der Waals surface area contributed by atoms with E-state index < -0.39 is 16.8 Å². The van der Waals surface area contributed by atoms with Crippen molar-refractivity contribution < 1.29 is 18.8 Å². The molecule has 21 heavy (non-hydrogen) atoms. The number of carbonyl (C=O) groups is 1. The molecule has 1 aliphatic heterocycles. The van der Waals surface area contributed by atoms with Gasteiger partial charge in [0.2, 0.25) is 0 Å². The molecular weight excluding hydrogens is 279 g/mol. The highest BCUT2D eigenvalue weighted by atomic mass is 19.1. The van der Waals surface area contributed by atoms with E-state index >= 15 is 0 Å². The number of benzene rings is 1. The molecule has 1 fully saturated rings. The predicted octanol–water partition coefficient (Wildman–Crippen LogP) is 2.26. The van der Waals surface area contributed by atoms with Crippen molar-refractivity contribution in [3.63, 3.8) is 0 Å². The molecule has 0 aliphatic carbocycles. The number of hydrogen-bond donors (Lipinski definition) is 0. The fourth-order valence-electron chi connectivity index (χ4n) is 2.66. The average molecular weight is 296 g/mol. The van der Waals surface area contributed by atoms with Crippen molar-refractivity contribution in [2.24, 2.45) is 0 Å². The van der Waals surface area contributed by atoms with Gasteiger partial charge in [0.15, 0.2) is 0 Å². The topological polar surface area (TPSA) is 72.7 Å². The lowest BCUT2D eigenvalue weighted by Crippen LogP contribution is -2.44. The van der Waals surface area contributed by atoms with Gasteiger partial charge in [0.1, 0.15) is 11.9 Å². The Bertz CT molecular complexity index is 550. The number of rotatable bonds is 4. The van der Waals surface area contributed by atoms with Crippen molar-refractivity contribution in [3.8, 4) is 0 Å². The Labute approximate surface area is 121 Å². The second kappa shape index (κ2) is 6.62. The van der Waals surface area contributed by atoms with E-state index in [1.54, 1.807) is 0 Å². The fourth-order valence-corrected chi connectivity index (χ4v) is 2.66.